The first kappa shape index (κ1) is 29.0. The van der Waals surface area contributed by atoms with Gasteiger partial charge in [0.1, 0.15) is 11.6 Å². The molecule has 0 saturated heterocycles. The number of aromatic nitrogens is 4. The molecule has 0 saturated carbocycles. The summed E-state index contributed by atoms with van der Waals surface area (Å²) in [5, 5.41) is 6.75. The highest BCUT2D eigenvalue weighted by atomic mass is 15.0. The summed E-state index contributed by atoms with van der Waals surface area (Å²) in [6, 6.07) is 17.2. The molecule has 36 heavy (non-hydrogen) atoms. The smallest absolute Gasteiger partial charge is 0.120 e. The maximum Gasteiger partial charge on any atom is 0.120 e. The third-order valence-electron chi connectivity index (χ3n) is 5.42. The molecule has 6 heteroatoms. The van der Waals surface area contributed by atoms with Crippen LogP contribution in [0, 0.1) is 0 Å². The predicted molar refractivity (Wildman–Crippen MR) is 154 cm³/mol. The Balaban J connectivity index is 0.00000109. The quantitative estimate of drug-likeness (QED) is 0.168. The van der Waals surface area contributed by atoms with E-state index in [1.54, 1.807) is 0 Å². The van der Waals surface area contributed by atoms with Gasteiger partial charge >= 0.3 is 0 Å². The molecule has 0 bridgehead atoms. The van der Waals surface area contributed by atoms with Gasteiger partial charge in [-0.25, -0.2) is 9.97 Å². The Bertz CT molecular complexity index is 1000. The van der Waals surface area contributed by atoms with Gasteiger partial charge in [-0.1, -0.05) is 90.1 Å². The molecule has 6 nitrogen and oxygen atoms in total. The maximum atomic E-state index is 4.48. The van der Waals surface area contributed by atoms with Crippen LogP contribution in [-0.4, -0.2) is 33.0 Å². The van der Waals surface area contributed by atoms with E-state index in [2.05, 4.69) is 92.9 Å². The van der Waals surface area contributed by atoms with Gasteiger partial charge in [-0.3, -0.25) is 0 Å². The molecule has 0 spiro atoms. The second kappa shape index (κ2) is 16.5. The normalized spacial score (nSPS) is 10.3. The lowest BCUT2D eigenvalue weighted by Crippen LogP contribution is -2.14. The summed E-state index contributed by atoms with van der Waals surface area (Å²) in [7, 11) is 0. The third kappa shape index (κ3) is 8.47. The monoisotopic (exact) mass is 488 g/mol. The van der Waals surface area contributed by atoms with Crippen LogP contribution in [0.15, 0.2) is 60.9 Å². The van der Waals surface area contributed by atoms with Crippen molar-refractivity contribution in [2.45, 2.75) is 67.5 Å². The fourth-order valence-electron chi connectivity index (χ4n) is 3.65. The number of H-pyrrole nitrogens is 2. The van der Waals surface area contributed by atoms with Crippen molar-refractivity contribution in [1.82, 2.24) is 30.6 Å². The molecule has 2 aromatic heterocycles. The molecule has 4 rings (SSSR count). The highest BCUT2D eigenvalue weighted by Gasteiger charge is 2.06. The van der Waals surface area contributed by atoms with Gasteiger partial charge < -0.3 is 20.6 Å². The van der Waals surface area contributed by atoms with Crippen molar-refractivity contribution in [2.75, 3.05) is 13.1 Å². The van der Waals surface area contributed by atoms with E-state index in [0.717, 1.165) is 73.2 Å². The molecule has 0 unspecified atom stereocenters. The van der Waals surface area contributed by atoms with E-state index in [4.69, 9.17) is 0 Å². The molecule has 4 N–H and O–H groups in total. The van der Waals surface area contributed by atoms with Crippen molar-refractivity contribution < 1.29 is 0 Å². The molecule has 194 valence electrons. The highest BCUT2D eigenvalue weighted by Crippen LogP contribution is 2.26. The van der Waals surface area contributed by atoms with Crippen LogP contribution in [0.2, 0.25) is 0 Å². The van der Waals surface area contributed by atoms with Gasteiger partial charge in [-0.2, -0.15) is 0 Å². The summed E-state index contributed by atoms with van der Waals surface area (Å²) < 4.78 is 0. The van der Waals surface area contributed by atoms with Crippen molar-refractivity contribution in [3.63, 3.8) is 0 Å². The van der Waals surface area contributed by atoms with Gasteiger partial charge in [0, 0.05) is 0 Å². The van der Waals surface area contributed by atoms with Crippen LogP contribution >= 0.6 is 0 Å². The summed E-state index contributed by atoms with van der Waals surface area (Å²) in [6.07, 6.45) is 6.05. The van der Waals surface area contributed by atoms with Crippen LogP contribution in [0.25, 0.3) is 33.6 Å². The number of aromatic amines is 2. The summed E-state index contributed by atoms with van der Waals surface area (Å²) >= 11 is 0. The topological polar surface area (TPSA) is 81.4 Å². The van der Waals surface area contributed by atoms with E-state index in [-0.39, 0.29) is 0 Å². The molecule has 0 aliphatic carbocycles. The Morgan fingerprint density at radius 2 is 0.889 bits per heavy atom. The Morgan fingerprint density at radius 3 is 1.22 bits per heavy atom. The Labute approximate surface area is 217 Å². The molecule has 0 aliphatic heterocycles. The number of hydrogen-bond acceptors (Lipinski definition) is 4. The van der Waals surface area contributed by atoms with Crippen LogP contribution < -0.4 is 10.6 Å². The Kier molecular flexibility index (Phi) is 13.3. The van der Waals surface area contributed by atoms with Crippen LogP contribution in [0.5, 0.6) is 0 Å². The SMILES string of the molecule is CC.CC.CCCNCc1ncc(-c2ccc(-c3ccc(-c4cnc(CNCCC)[nH]4)cc3)cc2)[nH]1. The summed E-state index contributed by atoms with van der Waals surface area (Å²) in [6.45, 7) is 15.9. The zero-order valence-electron chi connectivity index (χ0n) is 22.9. The lowest BCUT2D eigenvalue weighted by atomic mass is 10.0. The lowest BCUT2D eigenvalue weighted by molar-refractivity contribution is 0.655. The van der Waals surface area contributed by atoms with Crippen LogP contribution in [0.4, 0.5) is 0 Å². The molecular formula is C30H44N6. The van der Waals surface area contributed by atoms with Crippen LogP contribution in [-0.2, 0) is 13.1 Å². The minimum Gasteiger partial charge on any atom is -0.341 e. The molecule has 0 atom stereocenters. The number of hydrogen-bond donors (Lipinski definition) is 4. The number of rotatable bonds is 11. The van der Waals surface area contributed by atoms with E-state index in [9.17, 15) is 0 Å². The lowest BCUT2D eigenvalue weighted by Gasteiger charge is -2.05. The molecular weight excluding hydrogens is 444 g/mol. The van der Waals surface area contributed by atoms with Gasteiger partial charge in [-0.15, -0.1) is 0 Å². The minimum atomic E-state index is 0.769. The summed E-state index contributed by atoms with van der Waals surface area (Å²) in [5.41, 5.74) is 6.76. The van der Waals surface area contributed by atoms with Crippen molar-refractivity contribution in [3.05, 3.63) is 72.6 Å². The van der Waals surface area contributed by atoms with Crippen LogP contribution in [0.3, 0.4) is 0 Å². The average Bonchev–Trinajstić information content (AvgIpc) is 3.62. The Hall–Kier alpha value is -3.22. The molecule has 2 aromatic carbocycles. The van der Waals surface area contributed by atoms with Crippen molar-refractivity contribution in [1.29, 1.82) is 0 Å². The molecule has 2 heterocycles. The zero-order chi connectivity index (χ0) is 26.2. The van der Waals surface area contributed by atoms with E-state index < -0.39 is 0 Å². The highest BCUT2D eigenvalue weighted by molar-refractivity contribution is 5.71. The standard InChI is InChI=1S/C26H32N6.2C2H6/c1-3-13-27-17-25-29-15-23(31-25)21-9-5-19(6-10-21)20-7-11-22(12-8-20)24-16-30-26(32-24)18-28-14-4-2;2*1-2/h5-12,15-16,27-28H,3-4,13-14,17-18H2,1-2H3,(H,29,31)(H,30,32);2*1-2H3. The second-order valence-electron chi connectivity index (χ2n) is 8.00. The number of nitrogens with zero attached hydrogens (tertiary/aromatic N) is 2. The molecule has 0 radical (unpaired) electrons. The fraction of sp³-hybridized carbons (Fsp3) is 0.400. The van der Waals surface area contributed by atoms with Gasteiger partial charge in [-0.05, 0) is 48.2 Å². The fourth-order valence-corrected chi connectivity index (χ4v) is 3.65. The summed E-state index contributed by atoms with van der Waals surface area (Å²) in [5.74, 6) is 1.94. The molecule has 0 fully saturated rings. The summed E-state index contributed by atoms with van der Waals surface area (Å²) in [4.78, 5) is 15.8. The van der Waals surface area contributed by atoms with Crippen LogP contribution in [0.1, 0.15) is 66.0 Å². The first-order chi connectivity index (χ1) is 17.8. The molecule has 0 amide bonds. The first-order valence-electron chi connectivity index (χ1n) is 13.5. The van der Waals surface area contributed by atoms with Crippen molar-refractivity contribution in [3.8, 4) is 33.6 Å². The average molecular weight is 489 g/mol. The Morgan fingerprint density at radius 1 is 0.556 bits per heavy atom. The largest absolute Gasteiger partial charge is 0.341 e. The number of benzene rings is 2. The molecule has 0 aliphatic rings. The van der Waals surface area contributed by atoms with E-state index in [1.807, 2.05) is 40.1 Å². The maximum absolute atomic E-state index is 4.48. The van der Waals surface area contributed by atoms with E-state index in [0.29, 0.717) is 0 Å². The van der Waals surface area contributed by atoms with E-state index in [1.165, 1.54) is 11.1 Å². The van der Waals surface area contributed by atoms with Gasteiger partial charge in [0.25, 0.3) is 0 Å². The third-order valence-corrected chi connectivity index (χ3v) is 5.42. The van der Waals surface area contributed by atoms with Gasteiger partial charge in [0.05, 0.1) is 36.9 Å². The van der Waals surface area contributed by atoms with Gasteiger partial charge in [0.2, 0.25) is 0 Å². The van der Waals surface area contributed by atoms with E-state index >= 15 is 0 Å². The first-order valence-corrected chi connectivity index (χ1v) is 13.5. The zero-order valence-corrected chi connectivity index (χ0v) is 22.9. The number of nitrogens with one attached hydrogen (secondary N) is 4. The second-order valence-corrected chi connectivity index (χ2v) is 8.00. The van der Waals surface area contributed by atoms with Gasteiger partial charge in [0.15, 0.2) is 0 Å². The van der Waals surface area contributed by atoms with Crippen molar-refractivity contribution >= 4 is 0 Å². The van der Waals surface area contributed by atoms with Crippen molar-refractivity contribution in [2.24, 2.45) is 0 Å². The number of imidazole rings is 2. The molecule has 4 aromatic rings. The minimum absolute atomic E-state index is 0.769. The predicted octanol–water partition coefficient (Wildman–Crippen LogP) is 7.19.